The zero-order valence-corrected chi connectivity index (χ0v) is 11.9. The van der Waals surface area contributed by atoms with Crippen LogP contribution in [0.5, 0.6) is 0 Å². The molecule has 1 saturated heterocycles. The van der Waals surface area contributed by atoms with E-state index in [9.17, 15) is 9.59 Å². The van der Waals surface area contributed by atoms with Crippen molar-refractivity contribution in [3.05, 3.63) is 27.7 Å². The summed E-state index contributed by atoms with van der Waals surface area (Å²) in [5, 5.41) is 0.473. The summed E-state index contributed by atoms with van der Waals surface area (Å²) in [5.74, 6) is -0.358. The van der Waals surface area contributed by atoms with Gasteiger partial charge in [0.2, 0.25) is 0 Å². The molecule has 6 heteroatoms. The maximum Gasteiger partial charge on any atom is 0.341 e. The van der Waals surface area contributed by atoms with Crippen LogP contribution in [0.3, 0.4) is 0 Å². The first kappa shape index (κ1) is 14.2. The molecule has 0 radical (unpaired) electrons. The molecule has 0 aliphatic carbocycles. The highest BCUT2D eigenvalue weighted by atomic mass is 35.5. The van der Waals surface area contributed by atoms with Crippen molar-refractivity contribution in [2.45, 2.75) is 13.3 Å². The molecular formula is C13H13Cl2NO3. The maximum atomic E-state index is 11.7. The van der Waals surface area contributed by atoms with Crippen LogP contribution in [0.2, 0.25) is 10.0 Å². The Morgan fingerprint density at radius 1 is 1.37 bits per heavy atom. The normalized spacial score (nSPS) is 14.9. The topological polar surface area (TPSA) is 46.6 Å². The van der Waals surface area contributed by atoms with Crippen LogP contribution in [0.15, 0.2) is 12.1 Å². The van der Waals surface area contributed by atoms with Gasteiger partial charge in [-0.2, -0.15) is 0 Å². The van der Waals surface area contributed by atoms with E-state index in [0.29, 0.717) is 19.5 Å². The molecule has 0 atom stereocenters. The zero-order chi connectivity index (χ0) is 14.0. The highest BCUT2D eigenvalue weighted by Gasteiger charge is 2.23. The second kappa shape index (κ2) is 5.80. The molecule has 1 aliphatic rings. The Kier molecular flexibility index (Phi) is 4.32. The molecule has 1 aromatic rings. The molecule has 1 aliphatic heterocycles. The van der Waals surface area contributed by atoms with Crippen molar-refractivity contribution >= 4 is 40.6 Å². The molecule has 2 rings (SSSR count). The van der Waals surface area contributed by atoms with E-state index in [1.165, 1.54) is 0 Å². The summed E-state index contributed by atoms with van der Waals surface area (Å²) in [6.45, 7) is 2.97. The molecule has 102 valence electrons. The van der Waals surface area contributed by atoms with Gasteiger partial charge >= 0.3 is 5.97 Å². The van der Waals surface area contributed by atoms with Crippen LogP contribution in [0.25, 0.3) is 0 Å². The van der Waals surface area contributed by atoms with Crippen LogP contribution in [0.1, 0.15) is 23.7 Å². The average molecular weight is 302 g/mol. The number of carbonyl (C=O) groups is 2. The lowest BCUT2D eigenvalue weighted by atomic mass is 10.2. The molecule has 0 unspecified atom stereocenters. The van der Waals surface area contributed by atoms with Crippen molar-refractivity contribution in [3.63, 3.8) is 0 Å². The monoisotopic (exact) mass is 301 g/mol. The molecule has 4 nitrogen and oxygen atoms in total. The highest BCUT2D eigenvalue weighted by molar-refractivity contribution is 6.39. The predicted molar refractivity (Wildman–Crippen MR) is 74.3 cm³/mol. The number of benzene rings is 1. The summed E-state index contributed by atoms with van der Waals surface area (Å²) >= 11 is 12.2. The summed E-state index contributed by atoms with van der Waals surface area (Å²) in [5.41, 5.74) is 0.911. The van der Waals surface area contributed by atoms with E-state index in [1.807, 2.05) is 4.90 Å². The predicted octanol–water partition coefficient (Wildman–Crippen LogP) is 2.95. The summed E-state index contributed by atoms with van der Waals surface area (Å²) < 4.78 is 4.90. The molecule has 0 amide bonds. The van der Waals surface area contributed by atoms with E-state index in [2.05, 4.69) is 0 Å². The van der Waals surface area contributed by atoms with E-state index in [4.69, 9.17) is 27.9 Å². The first-order chi connectivity index (χ1) is 9.02. The van der Waals surface area contributed by atoms with Gasteiger partial charge in [-0.25, -0.2) is 4.79 Å². The SMILES string of the molecule is CCOC(=O)c1c(Cl)cc(N2CCC(=O)C2)cc1Cl. The van der Waals surface area contributed by atoms with Crippen LogP contribution in [-0.4, -0.2) is 31.4 Å². The molecule has 1 fully saturated rings. The van der Waals surface area contributed by atoms with Gasteiger partial charge in [0.15, 0.2) is 5.78 Å². The van der Waals surface area contributed by atoms with E-state index < -0.39 is 5.97 Å². The van der Waals surface area contributed by atoms with Gasteiger partial charge in [0.05, 0.1) is 28.8 Å². The van der Waals surface area contributed by atoms with Gasteiger partial charge in [0, 0.05) is 18.7 Å². The first-order valence-electron chi connectivity index (χ1n) is 5.95. The van der Waals surface area contributed by atoms with Crippen LogP contribution < -0.4 is 4.90 Å². The fraction of sp³-hybridized carbons (Fsp3) is 0.385. The van der Waals surface area contributed by atoms with E-state index in [-0.39, 0.29) is 28.0 Å². The number of hydrogen-bond acceptors (Lipinski definition) is 4. The molecule has 19 heavy (non-hydrogen) atoms. The summed E-state index contributed by atoms with van der Waals surface area (Å²) in [4.78, 5) is 24.9. The lowest BCUT2D eigenvalue weighted by molar-refractivity contribution is -0.116. The van der Waals surface area contributed by atoms with Gasteiger partial charge in [0.25, 0.3) is 0 Å². The Labute approximate surface area is 121 Å². The lowest BCUT2D eigenvalue weighted by Crippen LogP contribution is -2.20. The third-order valence-electron chi connectivity index (χ3n) is 2.90. The Morgan fingerprint density at radius 2 is 2.00 bits per heavy atom. The van der Waals surface area contributed by atoms with Gasteiger partial charge in [-0.15, -0.1) is 0 Å². The van der Waals surface area contributed by atoms with Crippen LogP contribution in [0, 0.1) is 0 Å². The number of hydrogen-bond donors (Lipinski definition) is 0. The Hall–Kier alpha value is -1.26. The zero-order valence-electron chi connectivity index (χ0n) is 10.4. The summed E-state index contributed by atoms with van der Waals surface area (Å²) in [6, 6.07) is 3.27. The molecule has 0 saturated carbocycles. The third-order valence-corrected chi connectivity index (χ3v) is 3.50. The Bertz CT molecular complexity index is 508. The van der Waals surface area contributed by atoms with Gasteiger partial charge < -0.3 is 9.64 Å². The van der Waals surface area contributed by atoms with Gasteiger partial charge in [0.1, 0.15) is 0 Å². The molecule has 0 spiro atoms. The van der Waals surface area contributed by atoms with Crippen molar-refractivity contribution in [1.82, 2.24) is 0 Å². The van der Waals surface area contributed by atoms with Crippen molar-refractivity contribution in [1.29, 1.82) is 0 Å². The van der Waals surface area contributed by atoms with Crippen molar-refractivity contribution < 1.29 is 14.3 Å². The largest absolute Gasteiger partial charge is 0.462 e. The number of anilines is 1. The number of nitrogens with zero attached hydrogens (tertiary/aromatic N) is 1. The number of ketones is 1. The van der Waals surface area contributed by atoms with Crippen LogP contribution >= 0.6 is 23.2 Å². The number of rotatable bonds is 3. The van der Waals surface area contributed by atoms with Crippen molar-refractivity contribution in [3.8, 4) is 0 Å². The molecule has 1 aromatic carbocycles. The number of carbonyl (C=O) groups excluding carboxylic acids is 2. The minimum Gasteiger partial charge on any atom is -0.462 e. The summed E-state index contributed by atoms with van der Waals surface area (Å²) in [6.07, 6.45) is 0.523. The number of Topliss-reactive ketones (excluding diaryl/α,β-unsaturated/α-hetero) is 1. The first-order valence-corrected chi connectivity index (χ1v) is 6.71. The molecule has 1 heterocycles. The van der Waals surface area contributed by atoms with E-state index in [1.54, 1.807) is 19.1 Å². The fourth-order valence-electron chi connectivity index (χ4n) is 1.99. The Morgan fingerprint density at radius 3 is 2.47 bits per heavy atom. The maximum absolute atomic E-state index is 11.7. The fourth-order valence-corrected chi connectivity index (χ4v) is 2.62. The Balaban J connectivity index is 2.31. The molecule has 0 bridgehead atoms. The van der Waals surface area contributed by atoms with Gasteiger partial charge in [-0.3, -0.25) is 4.79 Å². The number of halogens is 2. The third kappa shape index (κ3) is 3.01. The minimum absolute atomic E-state index is 0.166. The smallest absolute Gasteiger partial charge is 0.341 e. The summed E-state index contributed by atoms with van der Waals surface area (Å²) in [7, 11) is 0. The van der Waals surface area contributed by atoms with Gasteiger partial charge in [-0.05, 0) is 19.1 Å². The number of esters is 1. The quantitative estimate of drug-likeness (QED) is 0.805. The van der Waals surface area contributed by atoms with E-state index in [0.717, 1.165) is 5.69 Å². The molecular weight excluding hydrogens is 289 g/mol. The van der Waals surface area contributed by atoms with Crippen LogP contribution in [0.4, 0.5) is 5.69 Å². The highest BCUT2D eigenvalue weighted by Crippen LogP contribution is 2.32. The minimum atomic E-state index is -0.540. The molecule has 0 aromatic heterocycles. The van der Waals surface area contributed by atoms with Crippen molar-refractivity contribution in [2.75, 3.05) is 24.6 Å². The van der Waals surface area contributed by atoms with E-state index >= 15 is 0 Å². The average Bonchev–Trinajstić information content (AvgIpc) is 2.75. The van der Waals surface area contributed by atoms with Crippen LogP contribution in [-0.2, 0) is 9.53 Å². The lowest BCUT2D eigenvalue weighted by Gasteiger charge is -2.18. The number of ether oxygens (including phenoxy) is 1. The molecule has 0 N–H and O–H groups in total. The second-order valence-electron chi connectivity index (χ2n) is 4.22. The second-order valence-corrected chi connectivity index (χ2v) is 5.03. The standard InChI is InChI=1S/C13H13Cl2NO3/c1-2-19-13(18)12-10(14)5-8(6-11(12)15)16-4-3-9(17)7-16/h5-6H,2-4,7H2,1H3. The van der Waals surface area contributed by atoms with Crippen molar-refractivity contribution in [2.24, 2.45) is 0 Å². The van der Waals surface area contributed by atoms with Gasteiger partial charge in [-0.1, -0.05) is 23.2 Å².